The SMILES string of the molecule is CCCOCC(CCC(C)C)(COCCC)C(C)C. The van der Waals surface area contributed by atoms with E-state index in [1.54, 1.807) is 0 Å². The summed E-state index contributed by atoms with van der Waals surface area (Å²) in [6.07, 6.45) is 4.64. The summed E-state index contributed by atoms with van der Waals surface area (Å²) in [6.45, 7) is 17.0. The van der Waals surface area contributed by atoms with Crippen LogP contribution in [0.4, 0.5) is 0 Å². The third-order valence-electron chi connectivity index (χ3n) is 3.92. The van der Waals surface area contributed by atoms with Crippen molar-refractivity contribution in [2.45, 2.75) is 67.2 Å². The van der Waals surface area contributed by atoms with E-state index >= 15 is 0 Å². The van der Waals surface area contributed by atoms with E-state index in [9.17, 15) is 0 Å². The Labute approximate surface area is 121 Å². The first-order chi connectivity index (χ1) is 8.98. The zero-order chi connectivity index (χ0) is 14.7. The van der Waals surface area contributed by atoms with E-state index < -0.39 is 0 Å². The summed E-state index contributed by atoms with van der Waals surface area (Å²) in [6, 6.07) is 0. The smallest absolute Gasteiger partial charge is 0.0546 e. The Morgan fingerprint density at radius 1 is 0.842 bits per heavy atom. The van der Waals surface area contributed by atoms with Crippen molar-refractivity contribution in [2.75, 3.05) is 26.4 Å². The Kier molecular flexibility index (Phi) is 10.6. The summed E-state index contributed by atoms with van der Waals surface area (Å²) in [5, 5.41) is 0. The fourth-order valence-corrected chi connectivity index (χ4v) is 2.22. The molecule has 0 aromatic rings. The Morgan fingerprint density at radius 2 is 1.32 bits per heavy atom. The van der Waals surface area contributed by atoms with Gasteiger partial charge in [0.1, 0.15) is 0 Å². The summed E-state index contributed by atoms with van der Waals surface area (Å²) in [5.41, 5.74) is 0.189. The zero-order valence-corrected chi connectivity index (χ0v) is 14.1. The predicted molar refractivity (Wildman–Crippen MR) is 83.6 cm³/mol. The maximum Gasteiger partial charge on any atom is 0.0546 e. The van der Waals surface area contributed by atoms with E-state index in [1.807, 2.05) is 0 Å². The van der Waals surface area contributed by atoms with Crippen molar-refractivity contribution in [1.82, 2.24) is 0 Å². The number of hydrogen-bond acceptors (Lipinski definition) is 2. The lowest BCUT2D eigenvalue weighted by Crippen LogP contribution is -2.38. The van der Waals surface area contributed by atoms with Crippen LogP contribution in [-0.4, -0.2) is 26.4 Å². The highest BCUT2D eigenvalue weighted by Gasteiger charge is 2.34. The van der Waals surface area contributed by atoms with E-state index in [-0.39, 0.29) is 5.41 Å². The monoisotopic (exact) mass is 272 g/mol. The van der Waals surface area contributed by atoms with Crippen LogP contribution >= 0.6 is 0 Å². The van der Waals surface area contributed by atoms with Crippen molar-refractivity contribution in [1.29, 1.82) is 0 Å². The van der Waals surface area contributed by atoms with Crippen molar-refractivity contribution < 1.29 is 9.47 Å². The van der Waals surface area contributed by atoms with Crippen molar-refractivity contribution in [3.05, 3.63) is 0 Å². The molecule has 0 aliphatic carbocycles. The molecule has 0 saturated carbocycles. The molecule has 0 rings (SSSR count). The van der Waals surface area contributed by atoms with Crippen LogP contribution in [0.2, 0.25) is 0 Å². The normalized spacial score (nSPS) is 12.6. The lowest BCUT2D eigenvalue weighted by Gasteiger charge is -2.38. The molecular weight excluding hydrogens is 236 g/mol. The maximum absolute atomic E-state index is 5.89. The standard InChI is InChI=1S/C17H36O2/c1-7-11-18-13-17(16(5)6,10-9-15(3)4)14-19-12-8-2/h15-16H,7-14H2,1-6H3. The fraction of sp³-hybridized carbons (Fsp3) is 1.00. The summed E-state index contributed by atoms with van der Waals surface area (Å²) in [7, 11) is 0. The summed E-state index contributed by atoms with van der Waals surface area (Å²) < 4.78 is 11.8. The number of ether oxygens (including phenoxy) is 2. The van der Waals surface area contributed by atoms with Gasteiger partial charge in [0.2, 0.25) is 0 Å². The Balaban J connectivity index is 4.57. The molecule has 0 spiro atoms. The molecule has 116 valence electrons. The second-order valence-electron chi connectivity index (χ2n) is 6.55. The van der Waals surface area contributed by atoms with Crippen molar-refractivity contribution in [3.8, 4) is 0 Å². The zero-order valence-electron chi connectivity index (χ0n) is 14.1. The molecular formula is C17H36O2. The molecule has 0 unspecified atom stereocenters. The molecule has 2 heteroatoms. The largest absolute Gasteiger partial charge is 0.381 e. The molecule has 0 fully saturated rings. The third-order valence-corrected chi connectivity index (χ3v) is 3.92. The highest BCUT2D eigenvalue weighted by molar-refractivity contribution is 4.83. The molecule has 0 aliphatic heterocycles. The minimum Gasteiger partial charge on any atom is -0.381 e. The molecule has 0 radical (unpaired) electrons. The van der Waals surface area contributed by atoms with Gasteiger partial charge in [0.15, 0.2) is 0 Å². The molecule has 0 saturated heterocycles. The van der Waals surface area contributed by atoms with Gasteiger partial charge < -0.3 is 9.47 Å². The van der Waals surface area contributed by atoms with Gasteiger partial charge in [-0.15, -0.1) is 0 Å². The van der Waals surface area contributed by atoms with Gasteiger partial charge >= 0.3 is 0 Å². The average Bonchev–Trinajstić information content (AvgIpc) is 2.35. The van der Waals surface area contributed by atoms with Gasteiger partial charge in [-0.3, -0.25) is 0 Å². The lowest BCUT2D eigenvalue weighted by atomic mass is 9.74. The summed E-state index contributed by atoms with van der Waals surface area (Å²) >= 11 is 0. The van der Waals surface area contributed by atoms with E-state index in [1.165, 1.54) is 12.8 Å². The maximum atomic E-state index is 5.89. The topological polar surface area (TPSA) is 18.5 Å². The molecule has 2 nitrogen and oxygen atoms in total. The van der Waals surface area contributed by atoms with Crippen LogP contribution in [0, 0.1) is 17.3 Å². The molecule has 19 heavy (non-hydrogen) atoms. The quantitative estimate of drug-likeness (QED) is 0.470. The minimum absolute atomic E-state index is 0.189. The van der Waals surface area contributed by atoms with Gasteiger partial charge in [-0.1, -0.05) is 48.0 Å². The molecule has 0 atom stereocenters. The van der Waals surface area contributed by atoms with Crippen LogP contribution in [-0.2, 0) is 9.47 Å². The summed E-state index contributed by atoms with van der Waals surface area (Å²) in [5.74, 6) is 1.34. The van der Waals surface area contributed by atoms with E-state index in [2.05, 4.69) is 41.5 Å². The Bertz CT molecular complexity index is 189. The molecule has 0 aliphatic rings. The first-order valence-electron chi connectivity index (χ1n) is 8.14. The van der Waals surface area contributed by atoms with Gasteiger partial charge in [-0.05, 0) is 31.1 Å². The predicted octanol–water partition coefficient (Wildman–Crippen LogP) is 4.92. The second kappa shape index (κ2) is 10.7. The van der Waals surface area contributed by atoms with Gasteiger partial charge in [-0.25, -0.2) is 0 Å². The van der Waals surface area contributed by atoms with Crippen LogP contribution in [0.1, 0.15) is 67.2 Å². The number of hydrogen-bond donors (Lipinski definition) is 0. The van der Waals surface area contributed by atoms with Crippen molar-refractivity contribution >= 4 is 0 Å². The lowest BCUT2D eigenvalue weighted by molar-refractivity contribution is -0.0552. The molecule has 0 bridgehead atoms. The van der Waals surface area contributed by atoms with E-state index in [0.29, 0.717) is 5.92 Å². The van der Waals surface area contributed by atoms with Crippen molar-refractivity contribution in [3.63, 3.8) is 0 Å². The molecule has 0 heterocycles. The van der Waals surface area contributed by atoms with Crippen molar-refractivity contribution in [2.24, 2.45) is 17.3 Å². The van der Waals surface area contributed by atoms with E-state index in [0.717, 1.165) is 45.2 Å². The van der Waals surface area contributed by atoms with Crippen LogP contribution in [0.25, 0.3) is 0 Å². The molecule has 0 aromatic carbocycles. The van der Waals surface area contributed by atoms with Crippen LogP contribution in [0.3, 0.4) is 0 Å². The number of rotatable bonds is 12. The van der Waals surface area contributed by atoms with Gasteiger partial charge in [0.05, 0.1) is 13.2 Å². The average molecular weight is 272 g/mol. The highest BCUT2D eigenvalue weighted by atomic mass is 16.5. The Morgan fingerprint density at radius 3 is 1.63 bits per heavy atom. The second-order valence-corrected chi connectivity index (χ2v) is 6.55. The molecule has 0 aromatic heterocycles. The van der Waals surface area contributed by atoms with Crippen LogP contribution in [0.15, 0.2) is 0 Å². The van der Waals surface area contributed by atoms with E-state index in [4.69, 9.17) is 9.47 Å². The fourth-order valence-electron chi connectivity index (χ4n) is 2.22. The third kappa shape index (κ3) is 7.94. The molecule has 0 N–H and O–H groups in total. The van der Waals surface area contributed by atoms with Gasteiger partial charge in [-0.2, -0.15) is 0 Å². The van der Waals surface area contributed by atoms with Crippen LogP contribution in [0.5, 0.6) is 0 Å². The van der Waals surface area contributed by atoms with Gasteiger partial charge in [0, 0.05) is 18.6 Å². The minimum atomic E-state index is 0.189. The first-order valence-corrected chi connectivity index (χ1v) is 8.14. The molecule has 0 amide bonds. The summed E-state index contributed by atoms with van der Waals surface area (Å²) in [4.78, 5) is 0. The van der Waals surface area contributed by atoms with Gasteiger partial charge in [0.25, 0.3) is 0 Å². The first kappa shape index (κ1) is 18.9. The highest BCUT2D eigenvalue weighted by Crippen LogP contribution is 2.35. The van der Waals surface area contributed by atoms with Crippen LogP contribution < -0.4 is 0 Å². The Hall–Kier alpha value is -0.0800.